The summed E-state index contributed by atoms with van der Waals surface area (Å²) in [6.45, 7) is 6.00. The molecule has 1 aliphatic carbocycles. The molecular weight excluding hydrogens is 338 g/mol. The molecule has 5 heteroatoms. The fourth-order valence-electron chi connectivity index (χ4n) is 4.59. The quantitative estimate of drug-likeness (QED) is 0.885. The first kappa shape index (κ1) is 18.3. The Kier molecular flexibility index (Phi) is 5.11. The van der Waals surface area contributed by atoms with Crippen LogP contribution in [0.3, 0.4) is 0 Å². The molecule has 4 rings (SSSR count). The van der Waals surface area contributed by atoms with Gasteiger partial charge in [0.25, 0.3) is 0 Å². The van der Waals surface area contributed by atoms with E-state index in [1.54, 1.807) is 0 Å². The van der Waals surface area contributed by atoms with Gasteiger partial charge in [-0.25, -0.2) is 4.79 Å². The molecule has 2 aliphatic heterocycles. The number of urea groups is 1. The molecule has 5 nitrogen and oxygen atoms in total. The number of piperidine rings is 2. The van der Waals surface area contributed by atoms with E-state index in [2.05, 4.69) is 41.4 Å². The number of amides is 3. The molecular formula is C22H31N3O2. The first-order valence-electron chi connectivity index (χ1n) is 10.4. The van der Waals surface area contributed by atoms with E-state index in [0.717, 1.165) is 56.9 Å². The Hall–Kier alpha value is -2.04. The van der Waals surface area contributed by atoms with Gasteiger partial charge in [0.05, 0.1) is 0 Å². The number of nitrogens with zero attached hydrogens (tertiary/aromatic N) is 2. The zero-order valence-corrected chi connectivity index (χ0v) is 16.4. The molecule has 0 bridgehead atoms. The maximum atomic E-state index is 12.7. The van der Waals surface area contributed by atoms with Crippen molar-refractivity contribution in [3.63, 3.8) is 0 Å². The average molecular weight is 370 g/mol. The third-order valence-electron chi connectivity index (χ3n) is 6.44. The zero-order valence-electron chi connectivity index (χ0n) is 16.4. The van der Waals surface area contributed by atoms with Crippen LogP contribution in [0.2, 0.25) is 0 Å². The van der Waals surface area contributed by atoms with Crippen LogP contribution in [0.5, 0.6) is 0 Å². The normalized spacial score (nSPS) is 25.7. The summed E-state index contributed by atoms with van der Waals surface area (Å²) in [4.78, 5) is 29.1. The molecule has 1 spiro atoms. The largest absolute Gasteiger partial charge is 0.342 e. The minimum Gasteiger partial charge on any atom is -0.342 e. The van der Waals surface area contributed by atoms with Crippen LogP contribution in [0.4, 0.5) is 4.79 Å². The summed E-state index contributed by atoms with van der Waals surface area (Å²) in [5.74, 6) is 1.04. The summed E-state index contributed by atoms with van der Waals surface area (Å²) >= 11 is 0. The summed E-state index contributed by atoms with van der Waals surface area (Å²) in [6.07, 6.45) is 6.27. The maximum Gasteiger partial charge on any atom is 0.317 e. The standard InChI is InChI=1S/C22H31N3O2/c1-17-3-5-18(6-4-17)13-23-21(27)24-12-2-10-22(15-24)11-9-20(26)25(16-22)14-19-7-8-19/h3-6,19H,2,7-16H2,1H3,(H,23,27)/t22-/m0/s1. The van der Waals surface area contributed by atoms with Crippen molar-refractivity contribution in [3.05, 3.63) is 35.4 Å². The first-order chi connectivity index (χ1) is 13.0. The van der Waals surface area contributed by atoms with Crippen LogP contribution < -0.4 is 5.32 Å². The van der Waals surface area contributed by atoms with E-state index >= 15 is 0 Å². The lowest BCUT2D eigenvalue weighted by Gasteiger charge is -2.48. The number of benzene rings is 1. The summed E-state index contributed by atoms with van der Waals surface area (Å²) < 4.78 is 0. The molecule has 2 heterocycles. The van der Waals surface area contributed by atoms with Crippen molar-refractivity contribution in [1.29, 1.82) is 0 Å². The number of nitrogens with one attached hydrogen (secondary N) is 1. The predicted molar refractivity (Wildman–Crippen MR) is 105 cm³/mol. The Bertz CT molecular complexity index is 698. The highest BCUT2D eigenvalue weighted by molar-refractivity contribution is 5.77. The van der Waals surface area contributed by atoms with Gasteiger partial charge in [0.15, 0.2) is 0 Å². The number of hydrogen-bond acceptors (Lipinski definition) is 2. The highest BCUT2D eigenvalue weighted by Gasteiger charge is 2.43. The lowest BCUT2D eigenvalue weighted by molar-refractivity contribution is -0.139. The van der Waals surface area contributed by atoms with Crippen molar-refractivity contribution in [2.24, 2.45) is 11.3 Å². The zero-order chi connectivity index (χ0) is 18.9. The van der Waals surface area contributed by atoms with Crippen molar-refractivity contribution < 1.29 is 9.59 Å². The number of carbonyl (C=O) groups excluding carboxylic acids is 2. The number of hydrogen-bond donors (Lipinski definition) is 1. The van der Waals surface area contributed by atoms with Crippen LogP contribution in [-0.4, -0.2) is 47.9 Å². The van der Waals surface area contributed by atoms with Crippen molar-refractivity contribution >= 4 is 11.9 Å². The van der Waals surface area contributed by atoms with Gasteiger partial charge in [0.2, 0.25) is 5.91 Å². The van der Waals surface area contributed by atoms with Gasteiger partial charge < -0.3 is 15.1 Å². The number of rotatable bonds is 4. The van der Waals surface area contributed by atoms with Gasteiger partial charge in [0, 0.05) is 44.6 Å². The fraction of sp³-hybridized carbons (Fsp3) is 0.636. The molecule has 1 aromatic rings. The number of likely N-dealkylation sites (tertiary alicyclic amines) is 2. The van der Waals surface area contributed by atoms with E-state index in [1.165, 1.54) is 18.4 Å². The minimum absolute atomic E-state index is 0.0280. The van der Waals surface area contributed by atoms with E-state index in [4.69, 9.17) is 0 Å². The molecule has 146 valence electrons. The number of aryl methyl sites for hydroxylation is 1. The van der Waals surface area contributed by atoms with Crippen LogP contribution in [0.1, 0.15) is 49.7 Å². The Balaban J connectivity index is 1.34. The molecule has 1 N–H and O–H groups in total. The van der Waals surface area contributed by atoms with E-state index in [1.807, 2.05) is 4.90 Å². The van der Waals surface area contributed by atoms with Crippen molar-refractivity contribution in [1.82, 2.24) is 15.1 Å². The smallest absolute Gasteiger partial charge is 0.317 e. The summed E-state index contributed by atoms with van der Waals surface area (Å²) in [5, 5.41) is 3.08. The van der Waals surface area contributed by atoms with Gasteiger partial charge in [0.1, 0.15) is 0 Å². The van der Waals surface area contributed by atoms with Crippen molar-refractivity contribution in [3.8, 4) is 0 Å². The van der Waals surface area contributed by atoms with E-state index in [-0.39, 0.29) is 11.4 Å². The van der Waals surface area contributed by atoms with Crippen molar-refractivity contribution in [2.45, 2.75) is 52.0 Å². The summed E-state index contributed by atoms with van der Waals surface area (Å²) in [7, 11) is 0. The van der Waals surface area contributed by atoms with Gasteiger partial charge in [-0.15, -0.1) is 0 Å². The SMILES string of the molecule is Cc1ccc(CNC(=O)N2CCC[C@]3(CCC(=O)N(CC4CC4)C3)C2)cc1. The Morgan fingerprint density at radius 3 is 2.70 bits per heavy atom. The Morgan fingerprint density at radius 2 is 1.96 bits per heavy atom. The van der Waals surface area contributed by atoms with E-state index in [0.29, 0.717) is 18.9 Å². The summed E-state index contributed by atoms with van der Waals surface area (Å²) in [6, 6.07) is 8.31. The predicted octanol–water partition coefficient (Wildman–Crippen LogP) is 3.32. The van der Waals surface area contributed by atoms with Crippen LogP contribution in [0.15, 0.2) is 24.3 Å². The molecule has 1 aromatic carbocycles. The first-order valence-corrected chi connectivity index (χ1v) is 10.4. The minimum atomic E-state index is 0.0280. The lowest BCUT2D eigenvalue weighted by atomic mass is 9.73. The van der Waals surface area contributed by atoms with Gasteiger partial charge >= 0.3 is 6.03 Å². The topological polar surface area (TPSA) is 52.7 Å². The third-order valence-corrected chi connectivity index (χ3v) is 6.44. The molecule has 3 amide bonds. The van der Waals surface area contributed by atoms with Crippen LogP contribution in [0, 0.1) is 18.3 Å². The van der Waals surface area contributed by atoms with Crippen LogP contribution >= 0.6 is 0 Å². The molecule has 2 saturated heterocycles. The highest BCUT2D eigenvalue weighted by Crippen LogP contribution is 2.40. The molecule has 27 heavy (non-hydrogen) atoms. The average Bonchev–Trinajstić information content (AvgIpc) is 3.48. The van der Waals surface area contributed by atoms with Crippen LogP contribution in [0.25, 0.3) is 0 Å². The Morgan fingerprint density at radius 1 is 1.19 bits per heavy atom. The molecule has 0 aromatic heterocycles. The molecule has 3 aliphatic rings. The molecule has 1 saturated carbocycles. The second-order valence-corrected chi connectivity index (χ2v) is 8.89. The Labute approximate surface area is 162 Å². The second-order valence-electron chi connectivity index (χ2n) is 8.89. The van der Waals surface area contributed by atoms with Gasteiger partial charge in [-0.1, -0.05) is 29.8 Å². The maximum absolute atomic E-state index is 12.7. The number of carbonyl (C=O) groups is 2. The van der Waals surface area contributed by atoms with Gasteiger partial charge in [-0.3, -0.25) is 4.79 Å². The monoisotopic (exact) mass is 369 g/mol. The van der Waals surface area contributed by atoms with Gasteiger partial charge in [-0.05, 0) is 50.5 Å². The van der Waals surface area contributed by atoms with Crippen molar-refractivity contribution in [2.75, 3.05) is 26.2 Å². The van der Waals surface area contributed by atoms with Crippen LogP contribution in [-0.2, 0) is 11.3 Å². The molecule has 3 fully saturated rings. The highest BCUT2D eigenvalue weighted by atomic mass is 16.2. The van der Waals surface area contributed by atoms with E-state index in [9.17, 15) is 9.59 Å². The fourth-order valence-corrected chi connectivity index (χ4v) is 4.59. The molecule has 0 unspecified atom stereocenters. The second kappa shape index (κ2) is 7.53. The molecule has 1 atom stereocenters. The molecule has 0 radical (unpaired) electrons. The lowest BCUT2D eigenvalue weighted by Crippen LogP contribution is -2.56. The van der Waals surface area contributed by atoms with E-state index < -0.39 is 0 Å². The third kappa shape index (κ3) is 4.45. The van der Waals surface area contributed by atoms with Gasteiger partial charge in [-0.2, -0.15) is 0 Å². The summed E-state index contributed by atoms with van der Waals surface area (Å²) in [5.41, 5.74) is 2.45.